The van der Waals surface area contributed by atoms with Gasteiger partial charge in [0.15, 0.2) is 0 Å². The van der Waals surface area contributed by atoms with Crippen LogP contribution in [-0.4, -0.2) is 9.55 Å². The Kier molecular flexibility index (Phi) is 4.66. The number of aromatic nitrogens is 2. The average molecular weight is 195 g/mol. The van der Waals surface area contributed by atoms with E-state index in [1.807, 2.05) is 19.4 Å². The van der Waals surface area contributed by atoms with E-state index in [0.29, 0.717) is 0 Å². The zero-order valence-corrected chi connectivity index (χ0v) is 9.24. The molecule has 3 heteroatoms. The first kappa shape index (κ1) is 11.2. The van der Waals surface area contributed by atoms with Crippen LogP contribution in [0.15, 0.2) is 12.5 Å². The third kappa shape index (κ3) is 3.14. The van der Waals surface area contributed by atoms with Gasteiger partial charge in [0.1, 0.15) is 0 Å². The van der Waals surface area contributed by atoms with E-state index in [9.17, 15) is 0 Å². The molecule has 0 saturated heterocycles. The van der Waals surface area contributed by atoms with Gasteiger partial charge in [0.05, 0.1) is 12.0 Å². The molecule has 1 aromatic rings. The molecule has 1 atom stereocenters. The van der Waals surface area contributed by atoms with Crippen molar-refractivity contribution in [1.29, 1.82) is 0 Å². The summed E-state index contributed by atoms with van der Waals surface area (Å²) in [6.45, 7) is 5.28. The topological polar surface area (TPSA) is 43.8 Å². The van der Waals surface area contributed by atoms with Gasteiger partial charge in [-0.15, -0.1) is 0 Å². The van der Waals surface area contributed by atoms with Gasteiger partial charge in [-0.1, -0.05) is 26.2 Å². The number of rotatable bonds is 6. The second kappa shape index (κ2) is 5.81. The lowest BCUT2D eigenvalue weighted by Crippen LogP contribution is -2.11. The average Bonchev–Trinajstić information content (AvgIpc) is 2.60. The van der Waals surface area contributed by atoms with Crippen LogP contribution in [0.5, 0.6) is 0 Å². The molecule has 0 aliphatic carbocycles. The molecule has 0 bridgehead atoms. The van der Waals surface area contributed by atoms with E-state index in [-0.39, 0.29) is 6.04 Å². The maximum atomic E-state index is 5.83. The Bertz CT molecular complexity index is 253. The monoisotopic (exact) mass is 195 g/mol. The first-order valence-corrected chi connectivity index (χ1v) is 5.51. The highest BCUT2D eigenvalue weighted by Crippen LogP contribution is 2.10. The van der Waals surface area contributed by atoms with Crippen molar-refractivity contribution in [2.75, 3.05) is 0 Å². The summed E-state index contributed by atoms with van der Waals surface area (Å²) < 4.78 is 2.17. The van der Waals surface area contributed by atoms with E-state index < -0.39 is 0 Å². The molecule has 2 N–H and O–H groups in total. The van der Waals surface area contributed by atoms with Crippen molar-refractivity contribution >= 4 is 0 Å². The van der Waals surface area contributed by atoms with E-state index in [1.54, 1.807) is 0 Å². The standard InChI is InChI=1S/C11H21N3/c1-3-4-5-6-7-14-9-13-8-11(14)10(2)12/h8-10H,3-7,12H2,1-2H3/t10-/m0/s1. The van der Waals surface area contributed by atoms with Crippen LogP contribution in [-0.2, 0) is 6.54 Å². The van der Waals surface area contributed by atoms with Gasteiger partial charge in [0, 0.05) is 18.8 Å². The van der Waals surface area contributed by atoms with Gasteiger partial charge in [-0.25, -0.2) is 4.98 Å². The summed E-state index contributed by atoms with van der Waals surface area (Å²) in [4.78, 5) is 4.13. The molecule has 3 nitrogen and oxygen atoms in total. The Morgan fingerprint density at radius 2 is 2.21 bits per heavy atom. The summed E-state index contributed by atoms with van der Waals surface area (Å²) in [6.07, 6.45) is 8.87. The lowest BCUT2D eigenvalue weighted by Gasteiger charge is -2.10. The second-order valence-corrected chi connectivity index (χ2v) is 3.86. The largest absolute Gasteiger partial charge is 0.333 e. The molecule has 80 valence electrons. The van der Waals surface area contributed by atoms with Crippen molar-refractivity contribution in [3.63, 3.8) is 0 Å². The molecule has 14 heavy (non-hydrogen) atoms. The van der Waals surface area contributed by atoms with Gasteiger partial charge in [-0.2, -0.15) is 0 Å². The Morgan fingerprint density at radius 3 is 2.86 bits per heavy atom. The summed E-state index contributed by atoms with van der Waals surface area (Å²) >= 11 is 0. The maximum absolute atomic E-state index is 5.83. The van der Waals surface area contributed by atoms with Crippen molar-refractivity contribution in [3.8, 4) is 0 Å². The molecule has 0 aromatic carbocycles. The zero-order valence-electron chi connectivity index (χ0n) is 9.24. The van der Waals surface area contributed by atoms with Crippen molar-refractivity contribution in [2.24, 2.45) is 5.73 Å². The number of nitrogens with zero attached hydrogens (tertiary/aromatic N) is 2. The van der Waals surface area contributed by atoms with Gasteiger partial charge >= 0.3 is 0 Å². The number of imidazole rings is 1. The fourth-order valence-electron chi connectivity index (χ4n) is 1.61. The summed E-state index contributed by atoms with van der Waals surface area (Å²) in [5.41, 5.74) is 6.97. The van der Waals surface area contributed by atoms with Crippen molar-refractivity contribution in [3.05, 3.63) is 18.2 Å². The minimum atomic E-state index is 0.0867. The number of hydrogen-bond donors (Lipinski definition) is 1. The molecule has 0 radical (unpaired) electrons. The van der Waals surface area contributed by atoms with E-state index in [2.05, 4.69) is 16.5 Å². The Balaban J connectivity index is 2.38. The van der Waals surface area contributed by atoms with E-state index >= 15 is 0 Å². The smallest absolute Gasteiger partial charge is 0.0948 e. The normalized spacial score (nSPS) is 13.1. The molecule has 0 aliphatic rings. The highest BCUT2D eigenvalue weighted by atomic mass is 15.1. The van der Waals surface area contributed by atoms with Crippen LogP contribution < -0.4 is 5.73 Å². The fraction of sp³-hybridized carbons (Fsp3) is 0.727. The van der Waals surface area contributed by atoms with Crippen LogP contribution in [0.2, 0.25) is 0 Å². The molecular formula is C11H21N3. The van der Waals surface area contributed by atoms with Crippen molar-refractivity contribution in [2.45, 2.75) is 52.1 Å². The highest BCUT2D eigenvalue weighted by molar-refractivity contribution is 5.02. The third-order valence-electron chi connectivity index (χ3n) is 2.46. The molecule has 0 aliphatic heterocycles. The Morgan fingerprint density at radius 1 is 1.43 bits per heavy atom. The van der Waals surface area contributed by atoms with Crippen LogP contribution in [0.3, 0.4) is 0 Å². The van der Waals surface area contributed by atoms with Crippen molar-refractivity contribution < 1.29 is 0 Å². The van der Waals surface area contributed by atoms with Crippen LogP contribution in [0.1, 0.15) is 51.3 Å². The molecule has 0 unspecified atom stereocenters. The lowest BCUT2D eigenvalue weighted by molar-refractivity contribution is 0.555. The van der Waals surface area contributed by atoms with Crippen LogP contribution in [0, 0.1) is 0 Å². The first-order chi connectivity index (χ1) is 6.75. The van der Waals surface area contributed by atoms with Crippen molar-refractivity contribution in [1.82, 2.24) is 9.55 Å². The molecule has 0 spiro atoms. The number of nitrogens with two attached hydrogens (primary N) is 1. The predicted molar refractivity (Wildman–Crippen MR) is 59.0 cm³/mol. The molecular weight excluding hydrogens is 174 g/mol. The van der Waals surface area contributed by atoms with Gasteiger partial charge < -0.3 is 10.3 Å². The second-order valence-electron chi connectivity index (χ2n) is 3.86. The Labute approximate surface area is 86.3 Å². The predicted octanol–water partition coefficient (Wildman–Crippen LogP) is 2.48. The molecule has 0 fully saturated rings. The fourth-order valence-corrected chi connectivity index (χ4v) is 1.61. The minimum absolute atomic E-state index is 0.0867. The number of aryl methyl sites for hydroxylation is 1. The van der Waals surface area contributed by atoms with Gasteiger partial charge in [-0.3, -0.25) is 0 Å². The first-order valence-electron chi connectivity index (χ1n) is 5.51. The maximum Gasteiger partial charge on any atom is 0.0948 e. The Hall–Kier alpha value is -0.830. The summed E-state index contributed by atoms with van der Waals surface area (Å²) in [5.74, 6) is 0. The summed E-state index contributed by atoms with van der Waals surface area (Å²) in [5, 5.41) is 0. The van der Waals surface area contributed by atoms with E-state index in [4.69, 9.17) is 5.73 Å². The molecule has 1 heterocycles. The molecule has 0 amide bonds. The molecule has 0 saturated carbocycles. The van der Waals surface area contributed by atoms with Gasteiger partial charge in [0.25, 0.3) is 0 Å². The zero-order chi connectivity index (χ0) is 10.4. The molecule has 1 aromatic heterocycles. The van der Waals surface area contributed by atoms with Gasteiger partial charge in [0.2, 0.25) is 0 Å². The summed E-state index contributed by atoms with van der Waals surface area (Å²) in [6, 6.07) is 0.0867. The summed E-state index contributed by atoms with van der Waals surface area (Å²) in [7, 11) is 0. The lowest BCUT2D eigenvalue weighted by atomic mass is 10.2. The highest BCUT2D eigenvalue weighted by Gasteiger charge is 2.05. The number of unbranched alkanes of at least 4 members (excludes halogenated alkanes) is 3. The molecule has 1 rings (SSSR count). The SMILES string of the molecule is CCCCCCn1cncc1[C@H](C)N. The number of hydrogen-bond acceptors (Lipinski definition) is 2. The van der Waals surface area contributed by atoms with Crippen LogP contribution >= 0.6 is 0 Å². The third-order valence-corrected chi connectivity index (χ3v) is 2.46. The minimum Gasteiger partial charge on any atom is -0.333 e. The quantitative estimate of drug-likeness (QED) is 0.709. The van der Waals surface area contributed by atoms with E-state index in [0.717, 1.165) is 12.2 Å². The van der Waals surface area contributed by atoms with Gasteiger partial charge in [-0.05, 0) is 13.3 Å². The van der Waals surface area contributed by atoms with Crippen LogP contribution in [0.4, 0.5) is 0 Å². The van der Waals surface area contributed by atoms with E-state index in [1.165, 1.54) is 25.7 Å². The van der Waals surface area contributed by atoms with Crippen LogP contribution in [0.25, 0.3) is 0 Å².